The molecule has 4 rings (SSSR count). The van der Waals surface area contributed by atoms with Crippen LogP contribution in [0.25, 0.3) is 11.1 Å². The van der Waals surface area contributed by atoms with Crippen molar-refractivity contribution in [1.82, 2.24) is 9.97 Å². The molecule has 2 aromatic carbocycles. The topological polar surface area (TPSA) is 67.3 Å². The molecule has 0 radical (unpaired) electrons. The second kappa shape index (κ2) is 8.71. The molecular weight excluding hydrogens is 395 g/mol. The second-order valence-corrected chi connectivity index (χ2v) is 8.02. The summed E-state index contributed by atoms with van der Waals surface area (Å²) in [5, 5.41) is 3.34. The van der Waals surface area contributed by atoms with Crippen molar-refractivity contribution in [3.8, 4) is 11.1 Å². The molecule has 1 aliphatic rings. The number of aromatic nitrogens is 2. The number of nitrogens with zero attached hydrogens (tertiary/aromatic N) is 3. The Bertz CT molecular complexity index is 1070. The van der Waals surface area contributed by atoms with Crippen LogP contribution in [0.4, 0.5) is 20.8 Å². The Morgan fingerprint density at radius 1 is 1.10 bits per heavy atom. The van der Waals surface area contributed by atoms with E-state index in [1.807, 2.05) is 51.1 Å². The molecule has 1 N–H and O–H groups in total. The molecule has 31 heavy (non-hydrogen) atoms. The van der Waals surface area contributed by atoms with Crippen LogP contribution in [0.1, 0.15) is 32.4 Å². The van der Waals surface area contributed by atoms with E-state index in [0.29, 0.717) is 18.2 Å². The molecule has 0 aliphatic carbocycles. The molecule has 6 nitrogen and oxygen atoms in total. The summed E-state index contributed by atoms with van der Waals surface area (Å²) in [7, 11) is 0. The van der Waals surface area contributed by atoms with E-state index in [1.54, 1.807) is 23.4 Å². The number of nitrogens with one attached hydrogen (secondary N) is 1. The van der Waals surface area contributed by atoms with E-state index in [1.165, 1.54) is 12.1 Å². The van der Waals surface area contributed by atoms with Gasteiger partial charge in [-0.1, -0.05) is 50.2 Å². The van der Waals surface area contributed by atoms with E-state index < -0.39 is 6.09 Å². The summed E-state index contributed by atoms with van der Waals surface area (Å²) in [4.78, 5) is 22.6. The maximum Gasteiger partial charge on any atom is 0.415 e. The molecule has 1 amide bonds. The van der Waals surface area contributed by atoms with Crippen molar-refractivity contribution in [2.24, 2.45) is 5.92 Å². The van der Waals surface area contributed by atoms with E-state index in [0.717, 1.165) is 16.7 Å². The van der Waals surface area contributed by atoms with Crippen molar-refractivity contribution in [2.75, 3.05) is 16.8 Å². The van der Waals surface area contributed by atoms with Crippen LogP contribution < -0.4 is 10.2 Å². The summed E-state index contributed by atoms with van der Waals surface area (Å²) < 4.78 is 18.7. The summed E-state index contributed by atoms with van der Waals surface area (Å²) in [6.45, 7) is 6.46. The monoisotopic (exact) mass is 420 g/mol. The molecule has 1 aliphatic heterocycles. The lowest BCUT2D eigenvalue weighted by molar-refractivity contribution is 0.177. The lowest BCUT2D eigenvalue weighted by atomic mass is 10.0. The molecule has 0 bridgehead atoms. The third-order valence-electron chi connectivity index (χ3n) is 5.48. The number of anilines is 2. The first kappa shape index (κ1) is 20.8. The van der Waals surface area contributed by atoms with Crippen LogP contribution in [0, 0.1) is 11.7 Å². The number of hydrogen-bond donors (Lipinski definition) is 1. The van der Waals surface area contributed by atoms with E-state index in [4.69, 9.17) is 4.74 Å². The minimum atomic E-state index is -0.397. The van der Waals surface area contributed by atoms with E-state index >= 15 is 0 Å². The molecule has 0 unspecified atom stereocenters. The highest BCUT2D eigenvalue weighted by atomic mass is 19.1. The van der Waals surface area contributed by atoms with Gasteiger partial charge in [0.15, 0.2) is 5.82 Å². The van der Waals surface area contributed by atoms with Gasteiger partial charge in [-0.25, -0.2) is 14.2 Å². The molecule has 1 fully saturated rings. The smallest absolute Gasteiger partial charge is 0.415 e. The highest BCUT2D eigenvalue weighted by molar-refractivity contribution is 5.89. The van der Waals surface area contributed by atoms with Crippen molar-refractivity contribution in [3.63, 3.8) is 0 Å². The van der Waals surface area contributed by atoms with Crippen LogP contribution in [0.2, 0.25) is 0 Å². The zero-order valence-corrected chi connectivity index (χ0v) is 17.7. The Balaban J connectivity index is 1.49. The first-order valence-corrected chi connectivity index (χ1v) is 10.3. The summed E-state index contributed by atoms with van der Waals surface area (Å²) >= 11 is 0. The van der Waals surface area contributed by atoms with Gasteiger partial charge in [-0.15, -0.1) is 0 Å². The number of ether oxygens (including phenoxy) is 1. The van der Waals surface area contributed by atoms with Crippen LogP contribution in [0.3, 0.4) is 0 Å². The molecule has 3 aromatic rings. The Labute approximate surface area is 181 Å². The molecular formula is C24H25FN4O2. The molecule has 7 heteroatoms. The third-order valence-corrected chi connectivity index (χ3v) is 5.48. The number of benzene rings is 2. The van der Waals surface area contributed by atoms with E-state index in [9.17, 15) is 9.18 Å². The average Bonchev–Trinajstić information content (AvgIpc) is 3.16. The van der Waals surface area contributed by atoms with Crippen LogP contribution in [-0.4, -0.2) is 28.7 Å². The lowest BCUT2D eigenvalue weighted by Gasteiger charge is -2.23. The fourth-order valence-electron chi connectivity index (χ4n) is 3.67. The van der Waals surface area contributed by atoms with Gasteiger partial charge in [0.25, 0.3) is 0 Å². The molecule has 0 saturated carbocycles. The molecule has 2 heterocycles. The number of amides is 1. The van der Waals surface area contributed by atoms with E-state index in [-0.39, 0.29) is 23.8 Å². The van der Waals surface area contributed by atoms with E-state index in [2.05, 4.69) is 15.3 Å². The standard InChI is InChI=1S/C24H25FN4O2/c1-15(2)21-14-31-24(30)29(21)23-13-26-12-22(28-23)27-16(3)17-7-9-18(10-8-17)19-5-4-6-20(25)11-19/h4-13,15-16,21H,14H2,1-3H3,(H,27,28)/t16-,21+/m0/s1. The van der Waals surface area contributed by atoms with Crippen LogP contribution in [-0.2, 0) is 4.74 Å². The maximum absolute atomic E-state index is 13.5. The van der Waals surface area contributed by atoms with Gasteiger partial charge >= 0.3 is 6.09 Å². The number of rotatable bonds is 6. The summed E-state index contributed by atoms with van der Waals surface area (Å²) in [6, 6.07) is 14.4. The minimum Gasteiger partial charge on any atom is -0.447 e. The average molecular weight is 420 g/mol. The van der Waals surface area contributed by atoms with Crippen molar-refractivity contribution < 1.29 is 13.9 Å². The van der Waals surface area contributed by atoms with Crippen molar-refractivity contribution in [2.45, 2.75) is 32.9 Å². The highest BCUT2D eigenvalue weighted by Crippen LogP contribution is 2.27. The van der Waals surface area contributed by atoms with Gasteiger partial charge in [0.1, 0.15) is 18.2 Å². The van der Waals surface area contributed by atoms with Gasteiger partial charge in [0, 0.05) is 6.04 Å². The minimum absolute atomic E-state index is 0.0439. The first-order chi connectivity index (χ1) is 14.9. The van der Waals surface area contributed by atoms with Crippen LogP contribution in [0.15, 0.2) is 60.9 Å². The van der Waals surface area contributed by atoms with Crippen molar-refractivity contribution >= 4 is 17.7 Å². The summed E-state index contributed by atoms with van der Waals surface area (Å²) in [5.74, 6) is 1.03. The Morgan fingerprint density at radius 2 is 1.87 bits per heavy atom. The maximum atomic E-state index is 13.5. The van der Waals surface area contributed by atoms with Crippen LogP contribution >= 0.6 is 0 Å². The Kier molecular flexibility index (Phi) is 5.84. The second-order valence-electron chi connectivity index (χ2n) is 8.02. The summed E-state index contributed by atoms with van der Waals surface area (Å²) in [6.07, 6.45) is 2.81. The zero-order chi connectivity index (χ0) is 22.0. The number of cyclic esters (lactones) is 1. The van der Waals surface area contributed by atoms with Gasteiger partial charge in [0.05, 0.1) is 18.4 Å². The predicted molar refractivity (Wildman–Crippen MR) is 118 cm³/mol. The Morgan fingerprint density at radius 3 is 2.58 bits per heavy atom. The normalized spacial score (nSPS) is 17.0. The lowest BCUT2D eigenvalue weighted by Crippen LogP contribution is -2.37. The molecule has 2 atom stereocenters. The van der Waals surface area contributed by atoms with Crippen molar-refractivity contribution in [3.05, 3.63) is 72.3 Å². The number of hydrogen-bond acceptors (Lipinski definition) is 5. The SMILES string of the molecule is CC(C)[C@H]1COC(=O)N1c1cncc(N[C@@H](C)c2ccc(-c3cccc(F)c3)cc2)n1. The molecule has 1 saturated heterocycles. The molecule has 160 valence electrons. The predicted octanol–water partition coefficient (Wildman–Crippen LogP) is 5.44. The quantitative estimate of drug-likeness (QED) is 0.575. The van der Waals surface area contributed by atoms with Crippen molar-refractivity contribution in [1.29, 1.82) is 0 Å². The largest absolute Gasteiger partial charge is 0.447 e. The zero-order valence-electron chi connectivity index (χ0n) is 17.7. The van der Waals surface area contributed by atoms with Crippen LogP contribution in [0.5, 0.6) is 0 Å². The fourth-order valence-corrected chi connectivity index (χ4v) is 3.67. The Hall–Kier alpha value is -3.48. The number of carbonyl (C=O) groups excluding carboxylic acids is 1. The van der Waals surface area contributed by atoms with Gasteiger partial charge in [-0.3, -0.25) is 9.88 Å². The molecule has 0 spiro atoms. The molecule has 1 aromatic heterocycles. The number of carbonyl (C=O) groups is 1. The fraction of sp³-hybridized carbons (Fsp3) is 0.292. The van der Waals surface area contributed by atoms with Gasteiger partial charge in [0.2, 0.25) is 0 Å². The summed E-state index contributed by atoms with van der Waals surface area (Å²) in [5.41, 5.74) is 2.83. The number of halogens is 1. The van der Waals surface area contributed by atoms with Gasteiger partial charge in [-0.05, 0) is 41.7 Å². The van der Waals surface area contributed by atoms with Gasteiger partial charge in [-0.2, -0.15) is 0 Å². The first-order valence-electron chi connectivity index (χ1n) is 10.3. The third kappa shape index (κ3) is 4.50. The highest BCUT2D eigenvalue weighted by Gasteiger charge is 2.37. The van der Waals surface area contributed by atoms with Gasteiger partial charge < -0.3 is 10.1 Å².